The summed E-state index contributed by atoms with van der Waals surface area (Å²) in [5.74, 6) is 0.593. The van der Waals surface area contributed by atoms with E-state index in [9.17, 15) is 4.79 Å². The lowest BCUT2D eigenvalue weighted by Crippen LogP contribution is -2.37. The molecule has 1 aromatic heterocycles. The van der Waals surface area contributed by atoms with Gasteiger partial charge in [0.05, 0.1) is 0 Å². The van der Waals surface area contributed by atoms with Gasteiger partial charge in [-0.25, -0.2) is 0 Å². The fraction of sp³-hybridized carbons (Fsp3) is 0.538. The molecule has 0 spiro atoms. The van der Waals surface area contributed by atoms with Gasteiger partial charge >= 0.3 is 0 Å². The Labute approximate surface area is 96.5 Å². The number of rotatable bonds is 1. The van der Waals surface area contributed by atoms with E-state index in [1.54, 1.807) is 6.92 Å². The number of nitrogens with zero attached hydrogens (tertiary/aromatic N) is 2. The maximum Gasteiger partial charge on any atom is 0.219 e. The average Bonchev–Trinajstić information content (AvgIpc) is 2.30. The first kappa shape index (κ1) is 11.1. The van der Waals surface area contributed by atoms with E-state index in [0.29, 0.717) is 5.92 Å². The average molecular weight is 218 g/mol. The first-order valence-corrected chi connectivity index (χ1v) is 5.85. The number of aryl methyl sites for hydroxylation is 1. The number of amides is 1. The lowest BCUT2D eigenvalue weighted by Gasteiger charge is -2.31. The molecule has 86 valence electrons. The fourth-order valence-corrected chi connectivity index (χ4v) is 2.23. The lowest BCUT2D eigenvalue weighted by molar-refractivity contribution is -0.130. The van der Waals surface area contributed by atoms with Gasteiger partial charge in [0.25, 0.3) is 0 Å². The van der Waals surface area contributed by atoms with E-state index < -0.39 is 0 Å². The molecule has 1 aromatic rings. The number of hydrogen-bond donors (Lipinski definition) is 0. The predicted octanol–water partition coefficient (Wildman–Crippen LogP) is 2.12. The summed E-state index contributed by atoms with van der Waals surface area (Å²) in [6.45, 7) is 5.41. The molecule has 0 bridgehead atoms. The molecule has 1 amide bonds. The van der Waals surface area contributed by atoms with Gasteiger partial charge in [-0.2, -0.15) is 0 Å². The molecule has 2 rings (SSSR count). The van der Waals surface area contributed by atoms with Crippen molar-refractivity contribution in [1.82, 2.24) is 9.88 Å². The first-order chi connectivity index (χ1) is 7.66. The number of likely N-dealkylation sites (tertiary alicyclic amines) is 1. The van der Waals surface area contributed by atoms with Crippen molar-refractivity contribution >= 4 is 5.91 Å². The molecule has 0 saturated carbocycles. The Bertz CT molecular complexity index is 372. The molecular formula is C13H18N2O. The first-order valence-electron chi connectivity index (χ1n) is 5.85. The second-order valence-corrected chi connectivity index (χ2v) is 4.56. The van der Waals surface area contributed by atoms with Gasteiger partial charge in [-0.3, -0.25) is 9.78 Å². The van der Waals surface area contributed by atoms with Crippen LogP contribution in [-0.4, -0.2) is 28.9 Å². The molecule has 0 radical (unpaired) electrons. The molecular weight excluding hydrogens is 200 g/mol. The maximum absolute atomic E-state index is 11.3. The Kier molecular flexibility index (Phi) is 3.22. The zero-order valence-electron chi connectivity index (χ0n) is 9.94. The number of pyridine rings is 1. The molecule has 1 aliphatic rings. The molecule has 1 atom stereocenters. The predicted molar refractivity (Wildman–Crippen MR) is 63.2 cm³/mol. The monoisotopic (exact) mass is 218 g/mol. The summed E-state index contributed by atoms with van der Waals surface area (Å²) in [5, 5.41) is 0. The van der Waals surface area contributed by atoms with E-state index in [2.05, 4.69) is 17.1 Å². The van der Waals surface area contributed by atoms with Gasteiger partial charge in [0, 0.05) is 37.8 Å². The van der Waals surface area contributed by atoms with Gasteiger partial charge in [-0.05, 0) is 31.4 Å². The quantitative estimate of drug-likeness (QED) is 0.723. The van der Waals surface area contributed by atoms with Crippen LogP contribution in [0.3, 0.4) is 0 Å². The van der Waals surface area contributed by atoms with Crippen LogP contribution < -0.4 is 0 Å². The molecule has 1 fully saturated rings. The van der Waals surface area contributed by atoms with Crippen LogP contribution in [0.25, 0.3) is 0 Å². The molecule has 1 saturated heterocycles. The van der Waals surface area contributed by atoms with Gasteiger partial charge < -0.3 is 4.90 Å². The van der Waals surface area contributed by atoms with Crippen molar-refractivity contribution in [3.05, 3.63) is 29.6 Å². The molecule has 1 aliphatic heterocycles. The molecule has 16 heavy (non-hydrogen) atoms. The van der Waals surface area contributed by atoms with Crippen LogP contribution in [0.5, 0.6) is 0 Å². The van der Waals surface area contributed by atoms with Gasteiger partial charge in [0.15, 0.2) is 0 Å². The largest absolute Gasteiger partial charge is 0.342 e. The summed E-state index contributed by atoms with van der Waals surface area (Å²) in [5.41, 5.74) is 2.31. The highest BCUT2D eigenvalue weighted by atomic mass is 16.2. The lowest BCUT2D eigenvalue weighted by atomic mass is 9.94. The van der Waals surface area contributed by atoms with Crippen LogP contribution in [0.4, 0.5) is 0 Å². The van der Waals surface area contributed by atoms with Crippen LogP contribution in [0.15, 0.2) is 18.3 Å². The van der Waals surface area contributed by atoms with E-state index in [-0.39, 0.29) is 5.91 Å². The third kappa shape index (κ3) is 2.40. The molecule has 0 aromatic carbocycles. The third-order valence-corrected chi connectivity index (χ3v) is 3.22. The third-order valence-electron chi connectivity index (χ3n) is 3.22. The smallest absolute Gasteiger partial charge is 0.219 e. The van der Waals surface area contributed by atoms with Gasteiger partial charge in [0.2, 0.25) is 5.91 Å². The highest BCUT2D eigenvalue weighted by Gasteiger charge is 2.23. The zero-order chi connectivity index (χ0) is 11.5. The van der Waals surface area contributed by atoms with E-state index in [1.165, 1.54) is 5.56 Å². The second kappa shape index (κ2) is 4.64. The van der Waals surface area contributed by atoms with Crippen molar-refractivity contribution in [1.29, 1.82) is 0 Å². The normalized spacial score (nSPS) is 20.9. The topological polar surface area (TPSA) is 33.2 Å². The van der Waals surface area contributed by atoms with Crippen molar-refractivity contribution in [2.45, 2.75) is 32.6 Å². The summed E-state index contributed by atoms with van der Waals surface area (Å²) >= 11 is 0. The highest BCUT2D eigenvalue weighted by molar-refractivity contribution is 5.73. The van der Waals surface area contributed by atoms with E-state index in [1.807, 2.05) is 18.0 Å². The highest BCUT2D eigenvalue weighted by Crippen LogP contribution is 2.25. The summed E-state index contributed by atoms with van der Waals surface area (Å²) in [7, 11) is 0. The summed E-state index contributed by atoms with van der Waals surface area (Å²) in [6, 6.07) is 4.18. The molecule has 2 heterocycles. The summed E-state index contributed by atoms with van der Waals surface area (Å²) < 4.78 is 0. The minimum Gasteiger partial charge on any atom is -0.342 e. The van der Waals surface area contributed by atoms with Crippen LogP contribution in [-0.2, 0) is 4.79 Å². The molecule has 0 aliphatic carbocycles. The minimum absolute atomic E-state index is 0.178. The summed E-state index contributed by atoms with van der Waals surface area (Å²) in [6.07, 6.45) is 4.13. The number of aromatic nitrogens is 1. The fourth-order valence-electron chi connectivity index (χ4n) is 2.23. The summed E-state index contributed by atoms with van der Waals surface area (Å²) in [4.78, 5) is 17.7. The zero-order valence-corrected chi connectivity index (χ0v) is 9.94. The minimum atomic E-state index is 0.178. The van der Waals surface area contributed by atoms with Crippen LogP contribution in [0.2, 0.25) is 0 Å². The van der Waals surface area contributed by atoms with Crippen molar-refractivity contribution in [2.24, 2.45) is 0 Å². The number of carbonyl (C=O) groups is 1. The Morgan fingerprint density at radius 3 is 2.94 bits per heavy atom. The van der Waals surface area contributed by atoms with Crippen molar-refractivity contribution < 1.29 is 4.79 Å². The molecule has 0 N–H and O–H groups in total. The van der Waals surface area contributed by atoms with Gasteiger partial charge in [0.1, 0.15) is 0 Å². The Morgan fingerprint density at radius 1 is 1.50 bits per heavy atom. The van der Waals surface area contributed by atoms with Gasteiger partial charge in [-0.1, -0.05) is 6.07 Å². The Balaban J connectivity index is 2.09. The van der Waals surface area contributed by atoms with E-state index in [0.717, 1.165) is 31.6 Å². The van der Waals surface area contributed by atoms with Crippen LogP contribution in [0.1, 0.15) is 36.9 Å². The number of hydrogen-bond acceptors (Lipinski definition) is 2. The van der Waals surface area contributed by atoms with Gasteiger partial charge in [-0.15, -0.1) is 0 Å². The number of carbonyl (C=O) groups excluding carboxylic acids is 1. The Hall–Kier alpha value is -1.38. The number of piperidine rings is 1. The van der Waals surface area contributed by atoms with Crippen molar-refractivity contribution in [3.8, 4) is 0 Å². The van der Waals surface area contributed by atoms with Crippen molar-refractivity contribution in [2.75, 3.05) is 13.1 Å². The molecule has 3 heteroatoms. The van der Waals surface area contributed by atoms with E-state index in [4.69, 9.17) is 0 Å². The SMILES string of the molecule is CC(=O)N1CCCC(c2ccc(C)cn2)C1. The van der Waals surface area contributed by atoms with E-state index >= 15 is 0 Å². The molecule has 3 nitrogen and oxygen atoms in total. The van der Waals surface area contributed by atoms with Crippen LogP contribution in [0, 0.1) is 6.92 Å². The van der Waals surface area contributed by atoms with Crippen LogP contribution >= 0.6 is 0 Å². The molecule has 1 unspecified atom stereocenters. The second-order valence-electron chi connectivity index (χ2n) is 4.56. The standard InChI is InChI=1S/C13H18N2O/c1-10-5-6-13(14-8-10)12-4-3-7-15(9-12)11(2)16/h5-6,8,12H,3-4,7,9H2,1-2H3. The van der Waals surface area contributed by atoms with Crippen molar-refractivity contribution in [3.63, 3.8) is 0 Å². The Morgan fingerprint density at radius 2 is 2.31 bits per heavy atom. The maximum atomic E-state index is 11.3.